The third kappa shape index (κ3) is 3.03. The second kappa shape index (κ2) is 5.41. The molecular weight excluding hydrogens is 264 g/mol. The predicted molar refractivity (Wildman–Crippen MR) is 82.5 cm³/mol. The minimum Gasteiger partial charge on any atom is -0.595 e. The van der Waals surface area contributed by atoms with E-state index in [1.165, 1.54) is 18.4 Å². The topological polar surface area (TPSA) is 60.1 Å². The van der Waals surface area contributed by atoms with Crippen LogP contribution in [0.2, 0.25) is 0 Å². The van der Waals surface area contributed by atoms with Crippen molar-refractivity contribution in [1.82, 2.24) is 0 Å². The lowest BCUT2D eigenvalue weighted by molar-refractivity contribution is -0.991. The molecule has 1 atom stereocenters. The van der Waals surface area contributed by atoms with Gasteiger partial charge in [0.1, 0.15) is 0 Å². The summed E-state index contributed by atoms with van der Waals surface area (Å²) in [5, 5.41) is 18.8. The highest BCUT2D eigenvalue weighted by atomic mass is 16.8. The Hall–Kier alpha value is -2.01. The maximum Gasteiger partial charge on any atom is 0.163 e. The molecule has 0 bridgehead atoms. The van der Waals surface area contributed by atoms with Gasteiger partial charge in [-0.15, -0.1) is 0 Å². The molecule has 1 fully saturated rings. The van der Waals surface area contributed by atoms with E-state index in [0.29, 0.717) is 0 Å². The molecule has 4 nitrogen and oxygen atoms in total. The van der Waals surface area contributed by atoms with Gasteiger partial charge in [0.05, 0.1) is 5.69 Å². The first kappa shape index (κ1) is 13.9. The van der Waals surface area contributed by atoms with Gasteiger partial charge in [-0.05, 0) is 47.6 Å². The highest BCUT2D eigenvalue weighted by Crippen LogP contribution is 2.50. The fraction of sp³-hybridized carbons (Fsp3) is 0.235. The Bertz CT molecular complexity index is 659. The van der Waals surface area contributed by atoms with E-state index in [2.05, 4.69) is 24.0 Å². The maximum atomic E-state index is 10.8. The molecule has 2 N–H and O–H groups in total. The van der Waals surface area contributed by atoms with Gasteiger partial charge in [0, 0.05) is 18.3 Å². The molecular formula is C17H18N2O2. The molecule has 0 radical (unpaired) electrons. The van der Waals surface area contributed by atoms with Crippen LogP contribution in [0.15, 0.2) is 53.5 Å². The predicted octanol–water partition coefficient (Wildman–Crippen LogP) is 2.89. The summed E-state index contributed by atoms with van der Waals surface area (Å²) in [5.74, 6) is 0. The summed E-state index contributed by atoms with van der Waals surface area (Å²) < 4.78 is 0. The summed E-state index contributed by atoms with van der Waals surface area (Å²) in [6, 6.07) is 15.0. The van der Waals surface area contributed by atoms with E-state index in [1.54, 1.807) is 30.5 Å². The molecule has 0 heterocycles. The van der Waals surface area contributed by atoms with Crippen LogP contribution in [0.5, 0.6) is 0 Å². The van der Waals surface area contributed by atoms with Gasteiger partial charge in [0.25, 0.3) is 0 Å². The standard InChI is InChI=1S/C17H18N2O2/c1-17(10-11-17)15-4-2-3-5-16(15)18-12-13-6-8-14(9-7-13)19(20)21/h2-9,12,19-20H,10-11H2,1H3. The normalized spacial score (nSPS) is 17.9. The van der Waals surface area contributed by atoms with Gasteiger partial charge < -0.3 is 5.21 Å². The Labute approximate surface area is 123 Å². The number of quaternary nitrogens is 1. The minimum absolute atomic E-state index is 0.279. The lowest BCUT2D eigenvalue weighted by Gasteiger charge is -2.12. The van der Waals surface area contributed by atoms with Gasteiger partial charge in [-0.1, -0.05) is 25.1 Å². The molecule has 1 aliphatic rings. The molecule has 4 heteroatoms. The van der Waals surface area contributed by atoms with Gasteiger partial charge in [0.15, 0.2) is 5.69 Å². The van der Waals surface area contributed by atoms with Crippen molar-refractivity contribution in [3.8, 4) is 0 Å². The third-order valence-corrected chi connectivity index (χ3v) is 4.06. The molecule has 108 valence electrons. The van der Waals surface area contributed by atoms with Crippen LogP contribution >= 0.6 is 0 Å². The zero-order valence-corrected chi connectivity index (χ0v) is 11.9. The van der Waals surface area contributed by atoms with Gasteiger partial charge in [0.2, 0.25) is 0 Å². The summed E-state index contributed by atoms with van der Waals surface area (Å²) in [6.45, 7) is 2.27. The van der Waals surface area contributed by atoms with Crippen molar-refractivity contribution in [1.29, 1.82) is 0 Å². The van der Waals surface area contributed by atoms with Crippen molar-refractivity contribution in [3.05, 3.63) is 64.9 Å². The first-order valence-corrected chi connectivity index (χ1v) is 7.05. The quantitative estimate of drug-likeness (QED) is 0.669. The average molecular weight is 282 g/mol. The van der Waals surface area contributed by atoms with E-state index in [1.807, 2.05) is 12.1 Å². The van der Waals surface area contributed by atoms with E-state index in [9.17, 15) is 5.21 Å². The third-order valence-electron chi connectivity index (χ3n) is 4.06. The second-order valence-electron chi connectivity index (χ2n) is 5.76. The maximum absolute atomic E-state index is 10.8. The van der Waals surface area contributed by atoms with Crippen molar-refractivity contribution >= 4 is 17.6 Å². The van der Waals surface area contributed by atoms with Crippen molar-refractivity contribution in [2.45, 2.75) is 25.2 Å². The van der Waals surface area contributed by atoms with Gasteiger partial charge in [-0.3, -0.25) is 4.99 Å². The molecule has 2 aromatic carbocycles. The summed E-state index contributed by atoms with van der Waals surface area (Å²) in [5.41, 5.74) is 3.76. The zero-order chi connectivity index (χ0) is 14.9. The number of nitrogens with one attached hydrogen (secondary N) is 1. The highest BCUT2D eigenvalue weighted by Gasteiger charge is 2.40. The van der Waals surface area contributed by atoms with Crippen molar-refractivity contribution in [3.63, 3.8) is 0 Å². The molecule has 0 aliphatic heterocycles. The minimum atomic E-state index is -0.912. The first-order valence-electron chi connectivity index (χ1n) is 7.05. The molecule has 2 aromatic rings. The number of para-hydroxylation sites is 1. The SMILES string of the molecule is CC1(c2ccccc2N=Cc2ccc([NH+]([O-])O)cc2)CC1. The fourth-order valence-electron chi connectivity index (χ4n) is 2.41. The van der Waals surface area contributed by atoms with Crippen molar-refractivity contribution in [2.24, 2.45) is 4.99 Å². The number of aliphatic imine (C=N–C) groups is 1. The van der Waals surface area contributed by atoms with E-state index in [-0.39, 0.29) is 11.1 Å². The Morgan fingerprint density at radius 1 is 1.14 bits per heavy atom. The molecule has 0 spiro atoms. The molecule has 0 amide bonds. The molecule has 0 aromatic heterocycles. The van der Waals surface area contributed by atoms with Gasteiger partial charge >= 0.3 is 0 Å². The number of benzene rings is 2. The van der Waals surface area contributed by atoms with Crippen LogP contribution in [-0.4, -0.2) is 11.4 Å². The molecule has 3 rings (SSSR count). The molecule has 0 saturated heterocycles. The molecule has 1 unspecified atom stereocenters. The number of hydrogen-bond donors (Lipinski definition) is 2. The zero-order valence-electron chi connectivity index (χ0n) is 11.9. The Kier molecular flexibility index (Phi) is 3.59. The average Bonchev–Trinajstić information content (AvgIpc) is 3.25. The second-order valence-corrected chi connectivity index (χ2v) is 5.76. The van der Waals surface area contributed by atoms with Crippen LogP contribution in [0.3, 0.4) is 0 Å². The molecule has 21 heavy (non-hydrogen) atoms. The van der Waals surface area contributed by atoms with Crippen LogP contribution in [0.25, 0.3) is 0 Å². The van der Waals surface area contributed by atoms with Crippen LogP contribution in [0.4, 0.5) is 11.4 Å². The number of rotatable bonds is 4. The fourth-order valence-corrected chi connectivity index (χ4v) is 2.41. The van der Waals surface area contributed by atoms with Crippen molar-refractivity contribution in [2.75, 3.05) is 0 Å². The monoisotopic (exact) mass is 282 g/mol. The lowest BCUT2D eigenvalue weighted by Crippen LogP contribution is -2.99. The van der Waals surface area contributed by atoms with Crippen LogP contribution in [0.1, 0.15) is 30.9 Å². The molecule has 1 aliphatic carbocycles. The number of hydrogen-bond acceptors (Lipinski definition) is 3. The highest BCUT2D eigenvalue weighted by molar-refractivity contribution is 5.82. The summed E-state index contributed by atoms with van der Waals surface area (Å²) >= 11 is 0. The summed E-state index contributed by atoms with van der Waals surface area (Å²) in [4.78, 5) is 4.58. The summed E-state index contributed by atoms with van der Waals surface area (Å²) in [6.07, 6.45) is 4.22. The van der Waals surface area contributed by atoms with E-state index in [4.69, 9.17) is 5.21 Å². The lowest BCUT2D eigenvalue weighted by atomic mass is 9.97. The van der Waals surface area contributed by atoms with E-state index in [0.717, 1.165) is 11.3 Å². The number of nitrogens with zero attached hydrogens (tertiary/aromatic N) is 1. The molecule has 1 saturated carbocycles. The first-order chi connectivity index (χ1) is 10.1. The van der Waals surface area contributed by atoms with E-state index >= 15 is 0 Å². The van der Waals surface area contributed by atoms with Gasteiger partial charge in [-0.2, -0.15) is 5.23 Å². The van der Waals surface area contributed by atoms with Gasteiger partial charge in [-0.25, -0.2) is 5.21 Å². The largest absolute Gasteiger partial charge is 0.595 e. The van der Waals surface area contributed by atoms with Crippen LogP contribution in [-0.2, 0) is 5.41 Å². The summed E-state index contributed by atoms with van der Waals surface area (Å²) in [7, 11) is 0. The van der Waals surface area contributed by atoms with Crippen molar-refractivity contribution < 1.29 is 10.4 Å². The van der Waals surface area contributed by atoms with E-state index < -0.39 is 5.23 Å². The Morgan fingerprint density at radius 2 is 1.81 bits per heavy atom. The van der Waals surface area contributed by atoms with Crippen LogP contribution < -0.4 is 5.23 Å². The Balaban J connectivity index is 1.83. The smallest absolute Gasteiger partial charge is 0.163 e. The van der Waals surface area contributed by atoms with Crippen LogP contribution in [0, 0.1) is 5.21 Å². The Morgan fingerprint density at radius 3 is 2.43 bits per heavy atom.